The van der Waals surface area contributed by atoms with Gasteiger partial charge in [0.15, 0.2) is 0 Å². The summed E-state index contributed by atoms with van der Waals surface area (Å²) >= 11 is 9.45. The lowest BCUT2D eigenvalue weighted by Crippen LogP contribution is -2.44. The molecule has 0 unspecified atom stereocenters. The highest BCUT2D eigenvalue weighted by Gasteiger charge is 2.40. The molecule has 1 aliphatic rings. The number of carboxylic acid groups (broad SMARTS) is 1. The van der Waals surface area contributed by atoms with Gasteiger partial charge in [0, 0.05) is 0 Å². The highest BCUT2D eigenvalue weighted by Crippen LogP contribution is 2.35. The molecule has 0 radical (unpaired) electrons. The molecule has 0 spiro atoms. The summed E-state index contributed by atoms with van der Waals surface area (Å²) in [5.41, 5.74) is 0.927. The van der Waals surface area contributed by atoms with Crippen LogP contribution >= 0.6 is 47.1 Å². The first-order valence-corrected chi connectivity index (χ1v) is 9.61. The number of carbonyl (C=O) groups excluding carboxylic acids is 1. The lowest BCUT2D eigenvalue weighted by molar-refractivity contribution is -0.145. The maximum Gasteiger partial charge on any atom is 0.326 e. The Bertz CT molecular complexity index is 582. The van der Waals surface area contributed by atoms with E-state index < -0.39 is 12.0 Å². The van der Waals surface area contributed by atoms with E-state index in [1.165, 1.54) is 16.2 Å². The highest BCUT2D eigenvalue weighted by molar-refractivity contribution is 8.26. The second kappa shape index (κ2) is 7.44. The summed E-state index contributed by atoms with van der Waals surface area (Å²) in [6, 6.07) is 1.01. The zero-order valence-electron chi connectivity index (χ0n) is 11.1. The van der Waals surface area contributed by atoms with E-state index in [0.29, 0.717) is 21.4 Å². The van der Waals surface area contributed by atoms with E-state index in [2.05, 4.69) is 0 Å². The summed E-state index contributed by atoms with van der Waals surface area (Å²) in [4.78, 5) is 25.6. The fourth-order valence-corrected chi connectivity index (χ4v) is 4.28. The Labute approximate surface area is 140 Å². The van der Waals surface area contributed by atoms with Gasteiger partial charge in [-0.1, -0.05) is 24.0 Å². The Balaban J connectivity index is 2.22. The molecule has 1 N–H and O–H groups in total. The molecule has 1 aromatic rings. The first-order valence-electron chi connectivity index (χ1n) is 6.05. The zero-order valence-corrected chi connectivity index (χ0v) is 14.4. The molecular weight excluding hydrogens is 346 g/mol. The molecule has 21 heavy (non-hydrogen) atoms. The van der Waals surface area contributed by atoms with Crippen LogP contribution in [-0.2, 0) is 9.59 Å². The molecule has 0 aliphatic carbocycles. The second-order valence-electron chi connectivity index (χ2n) is 4.24. The van der Waals surface area contributed by atoms with Crippen molar-refractivity contribution in [2.24, 2.45) is 0 Å². The van der Waals surface area contributed by atoms with Crippen LogP contribution in [-0.4, -0.2) is 44.3 Å². The third-order valence-corrected chi connectivity index (χ3v) is 5.53. The summed E-state index contributed by atoms with van der Waals surface area (Å²) in [6.07, 6.45) is 4.04. The van der Waals surface area contributed by atoms with Crippen molar-refractivity contribution < 1.29 is 14.7 Å². The van der Waals surface area contributed by atoms with E-state index >= 15 is 0 Å². The standard InChI is InChI=1S/C13H13NO3S4/c1-19-4-3-9(12(16)17)14-11(15)10(21-13(14)18)6-8-2-5-20-7-8/h2,5-7,9H,3-4H2,1H3,(H,16,17)/b10-6+/t9-/m1/s1. The molecule has 1 aromatic heterocycles. The Morgan fingerprint density at radius 3 is 2.95 bits per heavy atom. The van der Waals surface area contributed by atoms with E-state index in [9.17, 15) is 14.7 Å². The van der Waals surface area contributed by atoms with Crippen molar-refractivity contribution in [3.8, 4) is 0 Å². The number of thiophene rings is 1. The maximum atomic E-state index is 12.4. The highest BCUT2D eigenvalue weighted by atomic mass is 32.2. The number of carboxylic acids is 1. The number of carbonyl (C=O) groups is 2. The van der Waals surface area contributed by atoms with Gasteiger partial charge in [0.2, 0.25) is 0 Å². The van der Waals surface area contributed by atoms with Crippen LogP contribution in [0.3, 0.4) is 0 Å². The van der Waals surface area contributed by atoms with Gasteiger partial charge in [-0.3, -0.25) is 9.69 Å². The average molecular weight is 360 g/mol. The van der Waals surface area contributed by atoms with Gasteiger partial charge < -0.3 is 5.11 Å². The first-order chi connectivity index (χ1) is 10.0. The van der Waals surface area contributed by atoms with Gasteiger partial charge in [-0.25, -0.2) is 4.79 Å². The van der Waals surface area contributed by atoms with Crippen molar-refractivity contribution in [1.29, 1.82) is 0 Å². The van der Waals surface area contributed by atoms with Crippen LogP contribution in [0.1, 0.15) is 12.0 Å². The van der Waals surface area contributed by atoms with E-state index in [0.717, 1.165) is 17.3 Å². The number of rotatable bonds is 6. The molecule has 8 heteroatoms. The predicted molar refractivity (Wildman–Crippen MR) is 93.8 cm³/mol. The Hall–Kier alpha value is -0.830. The SMILES string of the molecule is CSCC[C@H](C(=O)O)N1C(=O)/C(=C\c2ccsc2)SC1=S. The molecule has 0 aromatic carbocycles. The van der Waals surface area contributed by atoms with Crippen molar-refractivity contribution >= 4 is 69.4 Å². The number of thiocarbonyl (C=S) groups is 1. The van der Waals surface area contributed by atoms with Crippen LogP contribution in [0.2, 0.25) is 0 Å². The van der Waals surface area contributed by atoms with Gasteiger partial charge in [-0.15, -0.1) is 0 Å². The number of aliphatic carboxylic acids is 1. The van der Waals surface area contributed by atoms with Gasteiger partial charge in [0.05, 0.1) is 4.91 Å². The van der Waals surface area contributed by atoms with Crippen molar-refractivity contribution in [2.45, 2.75) is 12.5 Å². The summed E-state index contributed by atoms with van der Waals surface area (Å²) in [6.45, 7) is 0. The topological polar surface area (TPSA) is 57.6 Å². The average Bonchev–Trinajstić information content (AvgIpc) is 3.02. The third kappa shape index (κ3) is 3.88. The maximum absolute atomic E-state index is 12.4. The number of hydrogen-bond donors (Lipinski definition) is 1. The number of amides is 1. The van der Waals surface area contributed by atoms with Gasteiger partial charge in [-0.2, -0.15) is 23.1 Å². The van der Waals surface area contributed by atoms with Crippen LogP contribution in [0, 0.1) is 0 Å². The molecule has 1 atom stereocenters. The van der Waals surface area contributed by atoms with Crippen LogP contribution < -0.4 is 0 Å². The normalized spacial score (nSPS) is 18.5. The number of thioether (sulfide) groups is 2. The summed E-state index contributed by atoms with van der Waals surface area (Å²) in [5.74, 6) is -0.667. The number of nitrogens with zero attached hydrogens (tertiary/aromatic N) is 1. The van der Waals surface area contributed by atoms with Crippen molar-refractivity contribution in [2.75, 3.05) is 12.0 Å². The minimum Gasteiger partial charge on any atom is -0.480 e. The molecule has 1 fully saturated rings. The van der Waals surface area contributed by atoms with Crippen LogP contribution in [0.25, 0.3) is 6.08 Å². The smallest absolute Gasteiger partial charge is 0.326 e. The van der Waals surface area contributed by atoms with Gasteiger partial charge in [-0.05, 0) is 46.9 Å². The minimum absolute atomic E-state index is 0.315. The molecular formula is C13H13NO3S4. The molecule has 2 rings (SSSR count). The fourth-order valence-electron chi connectivity index (χ4n) is 1.85. The lowest BCUT2D eigenvalue weighted by Gasteiger charge is -2.22. The molecule has 1 aliphatic heterocycles. The Morgan fingerprint density at radius 1 is 1.62 bits per heavy atom. The van der Waals surface area contributed by atoms with Crippen LogP contribution in [0.4, 0.5) is 0 Å². The molecule has 4 nitrogen and oxygen atoms in total. The van der Waals surface area contributed by atoms with Gasteiger partial charge in [0.1, 0.15) is 10.4 Å². The fraction of sp³-hybridized carbons (Fsp3) is 0.308. The van der Waals surface area contributed by atoms with Crippen LogP contribution in [0.5, 0.6) is 0 Å². The Morgan fingerprint density at radius 2 is 2.38 bits per heavy atom. The zero-order chi connectivity index (χ0) is 15.4. The van der Waals surface area contributed by atoms with Crippen molar-refractivity contribution in [1.82, 2.24) is 4.90 Å². The second-order valence-corrected chi connectivity index (χ2v) is 7.69. The van der Waals surface area contributed by atoms with E-state index in [4.69, 9.17) is 12.2 Å². The molecule has 1 amide bonds. The first kappa shape index (κ1) is 16.5. The van der Waals surface area contributed by atoms with E-state index in [1.807, 2.05) is 23.1 Å². The summed E-state index contributed by atoms with van der Waals surface area (Å²) < 4.78 is 0.315. The van der Waals surface area contributed by atoms with Gasteiger partial charge in [0.25, 0.3) is 5.91 Å². The quantitative estimate of drug-likeness (QED) is 0.622. The van der Waals surface area contributed by atoms with Crippen molar-refractivity contribution in [3.63, 3.8) is 0 Å². The summed E-state index contributed by atoms with van der Waals surface area (Å²) in [7, 11) is 0. The Kier molecular flexibility index (Phi) is 5.86. The van der Waals surface area contributed by atoms with Crippen LogP contribution in [0.15, 0.2) is 21.7 Å². The lowest BCUT2D eigenvalue weighted by atomic mass is 10.2. The predicted octanol–water partition coefficient (Wildman–Crippen LogP) is 3.16. The van der Waals surface area contributed by atoms with Crippen molar-refractivity contribution in [3.05, 3.63) is 27.3 Å². The third-order valence-electron chi connectivity index (χ3n) is 2.86. The minimum atomic E-state index is -1.02. The number of hydrogen-bond acceptors (Lipinski definition) is 6. The monoisotopic (exact) mass is 359 g/mol. The molecule has 112 valence electrons. The molecule has 0 bridgehead atoms. The molecule has 2 heterocycles. The summed E-state index contributed by atoms with van der Waals surface area (Å²) in [5, 5.41) is 13.2. The van der Waals surface area contributed by atoms with Gasteiger partial charge >= 0.3 is 5.97 Å². The largest absolute Gasteiger partial charge is 0.480 e. The van der Waals surface area contributed by atoms with E-state index in [1.54, 1.807) is 17.8 Å². The molecule has 1 saturated heterocycles. The van der Waals surface area contributed by atoms with E-state index in [-0.39, 0.29) is 5.91 Å². The molecule has 0 saturated carbocycles.